The first-order chi connectivity index (χ1) is 15.7. The van der Waals surface area contributed by atoms with Gasteiger partial charge in [-0.1, -0.05) is 13.2 Å². The Morgan fingerprint density at radius 1 is 0.818 bits per heavy atom. The van der Waals surface area contributed by atoms with Crippen LogP contribution in [0.5, 0.6) is 11.5 Å². The highest BCUT2D eigenvalue weighted by Gasteiger charge is 2.11. The van der Waals surface area contributed by atoms with E-state index in [2.05, 4.69) is 13.2 Å². The molecule has 168 valence electrons. The van der Waals surface area contributed by atoms with E-state index < -0.39 is 11.9 Å². The topological polar surface area (TPSA) is 75.0 Å². The quantitative estimate of drug-likeness (QED) is 0.174. The molecule has 0 aliphatic carbocycles. The van der Waals surface area contributed by atoms with E-state index in [4.69, 9.17) is 18.6 Å². The van der Waals surface area contributed by atoms with Gasteiger partial charge in [0.05, 0.1) is 0 Å². The molecule has 0 aliphatic heterocycles. The fourth-order valence-electron chi connectivity index (χ4n) is 2.80. The predicted molar refractivity (Wildman–Crippen MR) is 125 cm³/mol. The summed E-state index contributed by atoms with van der Waals surface area (Å²) in [5.41, 5.74) is 3.35. The fourth-order valence-corrected chi connectivity index (χ4v) is 2.80. The summed E-state index contributed by atoms with van der Waals surface area (Å²) >= 11 is 0. The minimum Gasteiger partial charge on any atom is -0.462 e. The molecule has 3 rings (SSSR count). The number of carbonyl (C=O) groups excluding carboxylic acids is 2. The first-order valence-corrected chi connectivity index (χ1v) is 10.1. The second kappa shape index (κ2) is 10.3. The van der Waals surface area contributed by atoms with Crippen LogP contribution in [-0.2, 0) is 14.3 Å². The smallest absolute Gasteiger partial charge is 0.338 e. The normalized spacial score (nSPS) is 10.6. The lowest BCUT2D eigenvalue weighted by Gasteiger charge is -2.07. The zero-order valence-electron chi connectivity index (χ0n) is 18.7. The summed E-state index contributed by atoms with van der Waals surface area (Å²) in [4.78, 5) is 23.0. The minimum atomic E-state index is -0.516. The maximum Gasteiger partial charge on any atom is 0.338 e. The highest BCUT2D eigenvalue weighted by Crippen LogP contribution is 2.32. The van der Waals surface area contributed by atoms with Crippen molar-refractivity contribution >= 4 is 11.9 Å². The average Bonchev–Trinajstić information content (AvgIpc) is 3.27. The maximum atomic E-state index is 11.6. The number of furan rings is 1. The van der Waals surface area contributed by atoms with Gasteiger partial charge in [-0.25, -0.2) is 9.59 Å². The third-order valence-corrected chi connectivity index (χ3v) is 4.55. The predicted octanol–water partition coefficient (Wildman–Crippen LogP) is 6.37. The molecule has 0 radical (unpaired) electrons. The van der Waals surface area contributed by atoms with Crippen molar-refractivity contribution in [1.82, 2.24) is 0 Å². The maximum absolute atomic E-state index is 11.6. The number of esters is 2. The van der Waals surface area contributed by atoms with Crippen LogP contribution in [0.2, 0.25) is 0 Å². The lowest BCUT2D eigenvalue weighted by Crippen LogP contribution is -2.07. The van der Waals surface area contributed by atoms with Gasteiger partial charge in [0, 0.05) is 22.3 Å². The zero-order valence-corrected chi connectivity index (χ0v) is 18.7. The lowest BCUT2D eigenvalue weighted by molar-refractivity contribution is -0.133. The molecule has 0 aliphatic rings. The number of hydrogen-bond donors (Lipinski definition) is 0. The number of aryl methyl sites for hydroxylation is 1. The first kappa shape index (κ1) is 23.3. The second-order valence-corrected chi connectivity index (χ2v) is 7.41. The van der Waals surface area contributed by atoms with E-state index in [-0.39, 0.29) is 0 Å². The van der Waals surface area contributed by atoms with E-state index in [0.717, 1.165) is 16.7 Å². The van der Waals surface area contributed by atoms with Crippen LogP contribution in [0.25, 0.3) is 22.6 Å². The van der Waals surface area contributed by atoms with Gasteiger partial charge in [0.1, 0.15) is 35.5 Å². The van der Waals surface area contributed by atoms with Crippen LogP contribution in [0.3, 0.4) is 0 Å². The lowest BCUT2D eigenvalue weighted by atomic mass is 10.1. The Labute approximate surface area is 192 Å². The largest absolute Gasteiger partial charge is 0.462 e. The van der Waals surface area contributed by atoms with Crippen molar-refractivity contribution in [1.29, 1.82) is 0 Å². The monoisotopic (exact) mass is 444 g/mol. The van der Waals surface area contributed by atoms with Crippen molar-refractivity contribution in [3.8, 4) is 34.1 Å². The molecule has 0 N–H and O–H groups in total. The molecule has 1 aromatic heterocycles. The molecular formula is C27H24O6. The van der Waals surface area contributed by atoms with Gasteiger partial charge >= 0.3 is 11.9 Å². The van der Waals surface area contributed by atoms with Crippen LogP contribution in [0, 0.1) is 6.92 Å². The first-order valence-electron chi connectivity index (χ1n) is 10.1. The molecule has 0 amide bonds. The van der Waals surface area contributed by atoms with E-state index >= 15 is 0 Å². The van der Waals surface area contributed by atoms with Crippen molar-refractivity contribution in [3.05, 3.63) is 97.0 Å². The van der Waals surface area contributed by atoms with Gasteiger partial charge in [-0.3, -0.25) is 0 Å². The molecule has 0 fully saturated rings. The highest BCUT2D eigenvalue weighted by molar-refractivity contribution is 5.89. The van der Waals surface area contributed by atoms with Crippen molar-refractivity contribution in [2.45, 2.75) is 20.8 Å². The third kappa shape index (κ3) is 6.11. The average molecular weight is 444 g/mol. The van der Waals surface area contributed by atoms with Gasteiger partial charge in [0.2, 0.25) is 0 Å². The molecular weight excluding hydrogens is 420 g/mol. The summed E-state index contributed by atoms with van der Waals surface area (Å²) in [5.74, 6) is 1.44. The van der Waals surface area contributed by atoms with E-state index in [0.29, 0.717) is 34.2 Å². The fraction of sp³-hybridized carbons (Fsp3) is 0.111. The van der Waals surface area contributed by atoms with Crippen molar-refractivity contribution in [2.75, 3.05) is 0 Å². The summed E-state index contributed by atoms with van der Waals surface area (Å²) in [5, 5.41) is 0. The molecule has 2 aromatic carbocycles. The van der Waals surface area contributed by atoms with E-state index in [1.807, 2.05) is 43.3 Å². The van der Waals surface area contributed by atoms with Crippen LogP contribution in [0.4, 0.5) is 0 Å². The molecule has 3 aromatic rings. The number of carbonyl (C=O) groups is 2. The Balaban J connectivity index is 1.68. The number of rotatable bonds is 8. The summed E-state index contributed by atoms with van der Waals surface area (Å²) in [6, 6.07) is 16.4. The molecule has 1 heterocycles. The molecule has 6 heteroatoms. The Morgan fingerprint density at radius 3 is 2.09 bits per heavy atom. The molecule has 0 atom stereocenters. The van der Waals surface area contributed by atoms with Gasteiger partial charge in [-0.05, 0) is 80.9 Å². The summed E-state index contributed by atoms with van der Waals surface area (Å²) < 4.78 is 21.6. The Hall–Kier alpha value is -4.32. The Morgan fingerprint density at radius 2 is 1.45 bits per heavy atom. The van der Waals surface area contributed by atoms with E-state index in [1.54, 1.807) is 32.0 Å². The number of ether oxygens (including phenoxy) is 3. The molecule has 33 heavy (non-hydrogen) atoms. The minimum absolute atomic E-state index is 0.305. The van der Waals surface area contributed by atoms with Crippen LogP contribution < -0.4 is 9.47 Å². The number of hydrogen-bond acceptors (Lipinski definition) is 6. The second-order valence-electron chi connectivity index (χ2n) is 7.41. The Kier molecular flexibility index (Phi) is 7.31. The highest BCUT2D eigenvalue weighted by atomic mass is 16.5. The molecule has 6 nitrogen and oxygen atoms in total. The molecule has 0 unspecified atom stereocenters. The van der Waals surface area contributed by atoms with Crippen molar-refractivity contribution in [3.63, 3.8) is 0 Å². The SMILES string of the molecule is C=C(C)C(=O)OC=COc1ccc(-c2ccc(-c3ccc(OC(=O)C(=C)C)cc3)o2)c(C)c1. The summed E-state index contributed by atoms with van der Waals surface area (Å²) in [6.07, 6.45) is 2.46. The van der Waals surface area contributed by atoms with Crippen molar-refractivity contribution in [2.24, 2.45) is 0 Å². The third-order valence-electron chi connectivity index (χ3n) is 4.55. The van der Waals surface area contributed by atoms with Crippen LogP contribution >= 0.6 is 0 Å². The van der Waals surface area contributed by atoms with Gasteiger partial charge in [-0.15, -0.1) is 0 Å². The van der Waals surface area contributed by atoms with Gasteiger partial charge < -0.3 is 18.6 Å². The van der Waals surface area contributed by atoms with Crippen LogP contribution in [0.1, 0.15) is 19.4 Å². The molecule has 0 spiro atoms. The van der Waals surface area contributed by atoms with E-state index in [1.165, 1.54) is 12.5 Å². The Bertz CT molecular complexity index is 1230. The van der Waals surface area contributed by atoms with Crippen molar-refractivity contribution < 1.29 is 28.2 Å². The van der Waals surface area contributed by atoms with E-state index in [9.17, 15) is 9.59 Å². The zero-order chi connectivity index (χ0) is 24.0. The molecule has 0 bridgehead atoms. The summed E-state index contributed by atoms with van der Waals surface area (Å²) in [7, 11) is 0. The van der Waals surface area contributed by atoms with Gasteiger partial charge in [-0.2, -0.15) is 0 Å². The standard InChI is InChI=1S/C27H24O6/c1-17(2)26(28)31-15-14-30-22-10-11-23(19(5)16-22)25-13-12-24(33-25)20-6-8-21(9-7-20)32-27(29)18(3)4/h6-16H,1,3H2,2,4-5H3. The number of benzene rings is 2. The van der Waals surface area contributed by atoms with Crippen LogP contribution in [-0.4, -0.2) is 11.9 Å². The van der Waals surface area contributed by atoms with Gasteiger partial charge in [0.25, 0.3) is 0 Å². The molecule has 0 saturated carbocycles. The van der Waals surface area contributed by atoms with Crippen LogP contribution in [0.15, 0.2) is 95.8 Å². The molecule has 0 saturated heterocycles. The van der Waals surface area contributed by atoms with Gasteiger partial charge in [0.15, 0.2) is 0 Å². The summed E-state index contributed by atoms with van der Waals surface area (Å²) in [6.45, 7) is 12.2.